The Morgan fingerprint density at radius 1 is 1.62 bits per heavy atom. The second kappa shape index (κ2) is 4.60. The van der Waals surface area contributed by atoms with Crippen molar-refractivity contribution in [3.63, 3.8) is 0 Å². The molecule has 3 nitrogen and oxygen atoms in total. The highest BCUT2D eigenvalue weighted by atomic mass is 16.1. The molecule has 0 bridgehead atoms. The molecule has 0 saturated heterocycles. The normalized spacial score (nSPS) is 9.92. The highest BCUT2D eigenvalue weighted by Crippen LogP contribution is 2.04. The van der Waals surface area contributed by atoms with E-state index >= 15 is 0 Å². The Morgan fingerprint density at radius 3 is 3.00 bits per heavy atom. The van der Waals surface area contributed by atoms with Crippen molar-refractivity contribution in [1.29, 1.82) is 0 Å². The fraction of sp³-hybridized carbons (Fsp3) is 0.400. The Kier molecular flexibility index (Phi) is 3.43. The Hall–Kier alpha value is -1.38. The van der Waals surface area contributed by atoms with Crippen molar-refractivity contribution in [2.75, 3.05) is 0 Å². The fourth-order valence-corrected chi connectivity index (χ4v) is 1.14. The zero-order chi connectivity index (χ0) is 9.68. The number of primary amides is 1. The van der Waals surface area contributed by atoms with Gasteiger partial charge in [-0.1, -0.05) is 6.92 Å². The van der Waals surface area contributed by atoms with E-state index in [-0.39, 0.29) is 5.91 Å². The summed E-state index contributed by atoms with van der Waals surface area (Å²) in [7, 11) is 0. The first-order chi connectivity index (χ1) is 6.22. The van der Waals surface area contributed by atoms with Crippen LogP contribution in [0, 0.1) is 0 Å². The van der Waals surface area contributed by atoms with Crippen LogP contribution in [0.4, 0.5) is 0 Å². The topological polar surface area (TPSA) is 56.0 Å². The molecule has 0 saturated carbocycles. The highest BCUT2D eigenvalue weighted by Gasteiger charge is 1.99. The van der Waals surface area contributed by atoms with E-state index in [1.807, 2.05) is 12.1 Å². The average Bonchev–Trinajstić information content (AvgIpc) is 2.15. The lowest BCUT2D eigenvalue weighted by Crippen LogP contribution is -2.11. The minimum atomic E-state index is -0.274. The summed E-state index contributed by atoms with van der Waals surface area (Å²) < 4.78 is 0. The van der Waals surface area contributed by atoms with Crippen LogP contribution in [0.3, 0.4) is 0 Å². The quantitative estimate of drug-likeness (QED) is 0.749. The van der Waals surface area contributed by atoms with Crippen LogP contribution < -0.4 is 5.73 Å². The van der Waals surface area contributed by atoms with E-state index in [2.05, 4.69) is 11.9 Å². The van der Waals surface area contributed by atoms with Crippen molar-refractivity contribution < 1.29 is 4.79 Å². The van der Waals surface area contributed by atoms with Gasteiger partial charge in [0.1, 0.15) is 0 Å². The maximum absolute atomic E-state index is 10.5. The van der Waals surface area contributed by atoms with Gasteiger partial charge in [-0.25, -0.2) is 0 Å². The molecule has 13 heavy (non-hydrogen) atoms. The highest BCUT2D eigenvalue weighted by molar-refractivity contribution is 5.73. The van der Waals surface area contributed by atoms with E-state index in [1.165, 1.54) is 5.56 Å². The molecule has 1 aromatic heterocycles. The number of pyridine rings is 1. The molecule has 0 unspecified atom stereocenters. The lowest BCUT2D eigenvalue weighted by Gasteiger charge is -2.00. The van der Waals surface area contributed by atoms with Gasteiger partial charge in [-0.3, -0.25) is 9.78 Å². The number of carbonyl (C=O) groups is 1. The second-order valence-electron chi connectivity index (χ2n) is 2.98. The summed E-state index contributed by atoms with van der Waals surface area (Å²) >= 11 is 0. The molecular formula is C10H14N2O. The third-order valence-electron chi connectivity index (χ3n) is 1.92. The lowest BCUT2D eigenvalue weighted by atomic mass is 10.1. The molecule has 1 amide bonds. The predicted molar refractivity (Wildman–Crippen MR) is 51.1 cm³/mol. The standard InChI is InChI=1S/C10H14N2O/c1-2-8-5-6-12-9(7-8)3-4-10(11)13/h5-7H,2-4H2,1H3,(H2,11,13). The maximum Gasteiger partial charge on any atom is 0.217 e. The molecule has 1 aromatic rings. The van der Waals surface area contributed by atoms with Gasteiger partial charge in [0.15, 0.2) is 0 Å². The minimum Gasteiger partial charge on any atom is -0.370 e. The molecule has 0 aromatic carbocycles. The van der Waals surface area contributed by atoms with Crippen LogP contribution >= 0.6 is 0 Å². The van der Waals surface area contributed by atoms with Crippen molar-refractivity contribution in [3.05, 3.63) is 29.6 Å². The summed E-state index contributed by atoms with van der Waals surface area (Å²) in [5.74, 6) is -0.274. The van der Waals surface area contributed by atoms with Crippen LogP contribution in [0.5, 0.6) is 0 Å². The lowest BCUT2D eigenvalue weighted by molar-refractivity contribution is -0.118. The SMILES string of the molecule is CCc1ccnc(CCC(N)=O)c1. The first-order valence-electron chi connectivity index (χ1n) is 4.44. The predicted octanol–water partition coefficient (Wildman–Crippen LogP) is 1.06. The molecule has 0 radical (unpaired) electrons. The Balaban J connectivity index is 2.61. The van der Waals surface area contributed by atoms with Crippen molar-refractivity contribution >= 4 is 5.91 Å². The molecule has 0 spiro atoms. The number of carbonyl (C=O) groups excluding carboxylic acids is 1. The molecule has 1 heterocycles. The summed E-state index contributed by atoms with van der Waals surface area (Å²) in [5, 5.41) is 0. The van der Waals surface area contributed by atoms with E-state index in [4.69, 9.17) is 5.73 Å². The third-order valence-corrected chi connectivity index (χ3v) is 1.92. The van der Waals surface area contributed by atoms with Crippen LogP contribution in [0.1, 0.15) is 24.6 Å². The molecule has 0 atom stereocenters. The Morgan fingerprint density at radius 2 is 2.38 bits per heavy atom. The number of aromatic nitrogens is 1. The van der Waals surface area contributed by atoms with Gasteiger partial charge in [0.2, 0.25) is 5.91 Å². The van der Waals surface area contributed by atoms with Crippen LogP contribution in [0.15, 0.2) is 18.3 Å². The number of hydrogen-bond acceptors (Lipinski definition) is 2. The van der Waals surface area contributed by atoms with E-state index in [9.17, 15) is 4.79 Å². The van der Waals surface area contributed by atoms with Gasteiger partial charge in [-0.2, -0.15) is 0 Å². The van der Waals surface area contributed by atoms with Crippen LogP contribution in [0.25, 0.3) is 0 Å². The van der Waals surface area contributed by atoms with Gasteiger partial charge in [-0.05, 0) is 30.5 Å². The zero-order valence-electron chi connectivity index (χ0n) is 7.79. The number of nitrogens with zero attached hydrogens (tertiary/aromatic N) is 1. The maximum atomic E-state index is 10.5. The third kappa shape index (κ3) is 3.23. The molecule has 0 aliphatic carbocycles. The van der Waals surface area contributed by atoms with E-state index in [1.54, 1.807) is 6.20 Å². The summed E-state index contributed by atoms with van der Waals surface area (Å²) in [6, 6.07) is 4.00. The Bertz CT molecular complexity index is 297. The van der Waals surface area contributed by atoms with E-state index < -0.39 is 0 Å². The van der Waals surface area contributed by atoms with E-state index in [0.29, 0.717) is 12.8 Å². The molecule has 1 rings (SSSR count). The smallest absolute Gasteiger partial charge is 0.217 e. The molecule has 70 valence electrons. The van der Waals surface area contributed by atoms with Gasteiger partial charge >= 0.3 is 0 Å². The summed E-state index contributed by atoms with van der Waals surface area (Å²) in [6.07, 6.45) is 3.78. The van der Waals surface area contributed by atoms with Gasteiger partial charge in [0, 0.05) is 18.3 Å². The fourth-order valence-electron chi connectivity index (χ4n) is 1.14. The summed E-state index contributed by atoms with van der Waals surface area (Å²) in [5.41, 5.74) is 7.23. The number of nitrogens with two attached hydrogens (primary N) is 1. The van der Waals surface area contributed by atoms with Gasteiger partial charge in [0.05, 0.1) is 0 Å². The molecule has 0 fully saturated rings. The number of amides is 1. The average molecular weight is 178 g/mol. The number of aryl methyl sites for hydroxylation is 2. The molecule has 2 N–H and O–H groups in total. The molecule has 3 heteroatoms. The largest absolute Gasteiger partial charge is 0.370 e. The van der Waals surface area contributed by atoms with Gasteiger partial charge < -0.3 is 5.73 Å². The zero-order valence-corrected chi connectivity index (χ0v) is 7.79. The van der Waals surface area contributed by atoms with Crippen molar-refractivity contribution in [3.8, 4) is 0 Å². The van der Waals surface area contributed by atoms with Crippen LogP contribution in [0.2, 0.25) is 0 Å². The van der Waals surface area contributed by atoms with Crippen molar-refractivity contribution in [1.82, 2.24) is 4.98 Å². The molecule has 0 aliphatic rings. The van der Waals surface area contributed by atoms with Gasteiger partial charge in [0.25, 0.3) is 0 Å². The number of rotatable bonds is 4. The van der Waals surface area contributed by atoms with Crippen molar-refractivity contribution in [2.24, 2.45) is 5.73 Å². The molecule has 0 aliphatic heterocycles. The summed E-state index contributed by atoms with van der Waals surface area (Å²) in [6.45, 7) is 2.09. The van der Waals surface area contributed by atoms with E-state index in [0.717, 1.165) is 12.1 Å². The second-order valence-corrected chi connectivity index (χ2v) is 2.98. The van der Waals surface area contributed by atoms with Crippen LogP contribution in [-0.2, 0) is 17.6 Å². The number of hydrogen-bond donors (Lipinski definition) is 1. The Labute approximate surface area is 78.0 Å². The molecular weight excluding hydrogens is 164 g/mol. The minimum absolute atomic E-state index is 0.274. The first kappa shape index (κ1) is 9.71. The monoisotopic (exact) mass is 178 g/mol. The first-order valence-corrected chi connectivity index (χ1v) is 4.44. The van der Waals surface area contributed by atoms with Crippen LogP contribution in [-0.4, -0.2) is 10.9 Å². The summed E-state index contributed by atoms with van der Waals surface area (Å²) in [4.78, 5) is 14.7. The van der Waals surface area contributed by atoms with Crippen molar-refractivity contribution in [2.45, 2.75) is 26.2 Å². The van der Waals surface area contributed by atoms with Gasteiger partial charge in [-0.15, -0.1) is 0 Å².